The number of aliphatic hydroxyl groups excluding tert-OH is 1. The first-order chi connectivity index (χ1) is 13.4. The Morgan fingerprint density at radius 1 is 1.36 bits per heavy atom. The van der Waals surface area contributed by atoms with Crippen molar-refractivity contribution >= 4 is 39.9 Å². The first kappa shape index (κ1) is 19.4. The first-order valence-electron chi connectivity index (χ1n) is 9.35. The number of carbonyl (C=O) groups is 1. The molecule has 2 aromatic heterocycles. The number of likely N-dealkylation sites (N-methyl/N-ethyl adjacent to an activating group) is 1. The molecule has 0 saturated carbocycles. The largest absolute Gasteiger partial charge is 0.391 e. The van der Waals surface area contributed by atoms with Crippen LogP contribution in [0.2, 0.25) is 5.02 Å². The molecule has 1 aliphatic heterocycles. The van der Waals surface area contributed by atoms with Gasteiger partial charge in [0.05, 0.1) is 22.0 Å². The van der Waals surface area contributed by atoms with Crippen molar-refractivity contribution in [2.75, 3.05) is 20.1 Å². The minimum Gasteiger partial charge on any atom is -0.391 e. The van der Waals surface area contributed by atoms with Gasteiger partial charge in [-0.25, -0.2) is 4.98 Å². The molecule has 28 heavy (non-hydrogen) atoms. The fraction of sp³-hybridized carbons (Fsp3) is 0.400. The van der Waals surface area contributed by atoms with E-state index in [1.54, 1.807) is 30.4 Å². The lowest BCUT2D eigenvalue weighted by molar-refractivity contribution is 0.0855. The highest BCUT2D eigenvalue weighted by Gasteiger charge is 2.25. The van der Waals surface area contributed by atoms with Crippen molar-refractivity contribution < 1.29 is 9.90 Å². The molecule has 0 unspecified atom stereocenters. The summed E-state index contributed by atoms with van der Waals surface area (Å²) in [4.78, 5) is 24.8. The number of halogens is 1. The highest BCUT2D eigenvalue weighted by molar-refractivity contribution is 7.14. The predicted octanol–water partition coefficient (Wildman–Crippen LogP) is 3.16. The van der Waals surface area contributed by atoms with Crippen LogP contribution in [-0.4, -0.2) is 52.1 Å². The van der Waals surface area contributed by atoms with Gasteiger partial charge in [-0.2, -0.15) is 0 Å². The van der Waals surface area contributed by atoms with Crippen molar-refractivity contribution in [3.05, 3.63) is 50.4 Å². The molecule has 1 amide bonds. The summed E-state index contributed by atoms with van der Waals surface area (Å²) >= 11 is 7.58. The number of amides is 1. The fourth-order valence-electron chi connectivity index (χ4n) is 3.50. The minimum absolute atomic E-state index is 0.184. The zero-order chi connectivity index (χ0) is 19.8. The third-order valence-electron chi connectivity index (χ3n) is 5.13. The van der Waals surface area contributed by atoms with Crippen molar-refractivity contribution in [1.82, 2.24) is 20.2 Å². The second-order valence-electron chi connectivity index (χ2n) is 7.34. The second kappa shape index (κ2) is 7.83. The van der Waals surface area contributed by atoms with E-state index in [0.29, 0.717) is 15.7 Å². The molecule has 0 saturated heterocycles. The Morgan fingerprint density at radius 3 is 2.93 bits per heavy atom. The van der Waals surface area contributed by atoms with E-state index in [1.807, 2.05) is 12.1 Å². The number of hydrogen-bond acceptors (Lipinski definition) is 5. The Morgan fingerprint density at radius 2 is 2.14 bits per heavy atom. The number of hydrogen-bond donors (Lipinski definition) is 3. The van der Waals surface area contributed by atoms with Crippen LogP contribution in [-0.2, 0) is 12.8 Å². The first-order valence-corrected chi connectivity index (χ1v) is 10.5. The van der Waals surface area contributed by atoms with Crippen LogP contribution >= 0.6 is 22.9 Å². The topological polar surface area (TPSA) is 81.2 Å². The van der Waals surface area contributed by atoms with Gasteiger partial charge in [0.25, 0.3) is 5.91 Å². The van der Waals surface area contributed by atoms with E-state index in [1.165, 1.54) is 10.4 Å². The van der Waals surface area contributed by atoms with Gasteiger partial charge in [0, 0.05) is 23.0 Å². The normalized spacial score (nSPS) is 17.1. The summed E-state index contributed by atoms with van der Waals surface area (Å²) in [5.74, 6) is 0.330. The van der Waals surface area contributed by atoms with Crippen molar-refractivity contribution in [3.8, 4) is 0 Å². The molecule has 8 heteroatoms. The van der Waals surface area contributed by atoms with Crippen LogP contribution in [0.15, 0.2) is 24.3 Å². The summed E-state index contributed by atoms with van der Waals surface area (Å²) in [6.45, 7) is 3.65. The molecular weight excluding hydrogens is 396 g/mol. The average Bonchev–Trinajstić information content (AvgIpc) is 3.21. The zero-order valence-electron chi connectivity index (χ0n) is 15.8. The molecule has 0 radical (unpaired) electrons. The smallest absolute Gasteiger partial charge is 0.262 e. The summed E-state index contributed by atoms with van der Waals surface area (Å²) < 4.78 is 0. The molecule has 4 rings (SSSR count). The van der Waals surface area contributed by atoms with Gasteiger partial charge in [-0.3, -0.25) is 4.79 Å². The van der Waals surface area contributed by atoms with Gasteiger partial charge in [-0.05, 0) is 56.6 Å². The van der Waals surface area contributed by atoms with E-state index in [9.17, 15) is 9.90 Å². The van der Waals surface area contributed by atoms with Gasteiger partial charge in [-0.1, -0.05) is 11.6 Å². The van der Waals surface area contributed by atoms with E-state index in [-0.39, 0.29) is 5.91 Å². The third-order valence-corrected chi connectivity index (χ3v) is 6.60. The maximum atomic E-state index is 12.9. The van der Waals surface area contributed by atoms with E-state index >= 15 is 0 Å². The molecule has 0 spiro atoms. The number of imidazole rings is 1. The SMILES string of the molecule is C[C@@H](O)[C@@H](NC(=O)c1cc2c(s1)CCN(C)CC2)c1nc2ccc(Cl)cc2[nH]1. The number of carbonyl (C=O) groups excluding carboxylic acids is 1. The minimum atomic E-state index is -0.800. The number of rotatable bonds is 4. The molecule has 0 aliphatic carbocycles. The van der Waals surface area contributed by atoms with E-state index in [0.717, 1.165) is 37.0 Å². The van der Waals surface area contributed by atoms with Gasteiger partial charge in [0.15, 0.2) is 0 Å². The van der Waals surface area contributed by atoms with Crippen LogP contribution in [0.3, 0.4) is 0 Å². The quantitative estimate of drug-likeness (QED) is 0.608. The summed E-state index contributed by atoms with van der Waals surface area (Å²) in [5, 5.41) is 13.8. The molecular formula is C20H23ClN4O2S. The van der Waals surface area contributed by atoms with Crippen LogP contribution < -0.4 is 5.32 Å². The van der Waals surface area contributed by atoms with Gasteiger partial charge in [0.2, 0.25) is 0 Å². The van der Waals surface area contributed by atoms with E-state index in [2.05, 4.69) is 27.2 Å². The summed E-state index contributed by atoms with van der Waals surface area (Å²) in [6, 6.07) is 6.71. The highest BCUT2D eigenvalue weighted by atomic mass is 35.5. The number of aromatic amines is 1. The van der Waals surface area contributed by atoms with Crippen LogP contribution in [0, 0.1) is 0 Å². The molecule has 148 valence electrons. The van der Waals surface area contributed by atoms with Crippen molar-refractivity contribution in [1.29, 1.82) is 0 Å². The number of H-pyrrole nitrogens is 1. The molecule has 1 aromatic carbocycles. The van der Waals surface area contributed by atoms with Crippen molar-refractivity contribution in [2.45, 2.75) is 31.9 Å². The van der Waals surface area contributed by atoms with Gasteiger partial charge < -0.3 is 20.3 Å². The van der Waals surface area contributed by atoms with Crippen LogP contribution in [0.25, 0.3) is 11.0 Å². The number of nitrogens with one attached hydrogen (secondary N) is 2. The standard InChI is InChI=1S/C20H23ClN4O2S/c1-11(26)18(19-22-14-4-3-13(21)10-15(14)23-19)24-20(27)17-9-12-5-7-25(2)8-6-16(12)28-17/h3-4,9-11,18,26H,5-8H2,1-2H3,(H,22,23)(H,24,27)/t11-,18-/m1/s1. The molecule has 3 heterocycles. The maximum Gasteiger partial charge on any atom is 0.262 e. The molecule has 6 nitrogen and oxygen atoms in total. The predicted molar refractivity (Wildman–Crippen MR) is 112 cm³/mol. The molecule has 3 N–H and O–H groups in total. The number of nitrogens with zero attached hydrogens (tertiary/aromatic N) is 2. The van der Waals surface area contributed by atoms with Gasteiger partial charge >= 0.3 is 0 Å². The number of fused-ring (bicyclic) bond motifs is 2. The van der Waals surface area contributed by atoms with E-state index in [4.69, 9.17) is 11.6 Å². The van der Waals surface area contributed by atoms with E-state index < -0.39 is 12.1 Å². The molecule has 2 atom stereocenters. The second-order valence-corrected chi connectivity index (χ2v) is 8.91. The number of thiophene rings is 1. The summed E-state index contributed by atoms with van der Waals surface area (Å²) in [5.41, 5.74) is 2.77. The summed E-state index contributed by atoms with van der Waals surface area (Å²) in [6.07, 6.45) is 1.12. The maximum absolute atomic E-state index is 12.9. The van der Waals surface area contributed by atoms with Crippen molar-refractivity contribution in [3.63, 3.8) is 0 Å². The molecule has 3 aromatic rings. The lowest BCUT2D eigenvalue weighted by atomic mass is 10.1. The highest BCUT2D eigenvalue weighted by Crippen LogP contribution is 2.27. The Hall–Kier alpha value is -1.93. The summed E-state index contributed by atoms with van der Waals surface area (Å²) in [7, 11) is 2.12. The Labute approximate surface area is 172 Å². The fourth-order valence-corrected chi connectivity index (χ4v) is 4.77. The van der Waals surface area contributed by atoms with Crippen LogP contribution in [0.4, 0.5) is 0 Å². The van der Waals surface area contributed by atoms with Gasteiger partial charge in [-0.15, -0.1) is 11.3 Å². The Balaban J connectivity index is 1.56. The van der Waals surface area contributed by atoms with Gasteiger partial charge in [0.1, 0.15) is 11.9 Å². The molecule has 0 fully saturated rings. The monoisotopic (exact) mass is 418 g/mol. The lowest BCUT2D eigenvalue weighted by Gasteiger charge is -2.19. The third kappa shape index (κ3) is 3.93. The van der Waals surface area contributed by atoms with Crippen molar-refractivity contribution in [2.24, 2.45) is 0 Å². The number of aromatic nitrogens is 2. The number of aliphatic hydroxyl groups is 1. The van der Waals surface area contributed by atoms with Crippen LogP contribution in [0.1, 0.15) is 38.9 Å². The van der Waals surface area contributed by atoms with Crippen LogP contribution in [0.5, 0.6) is 0 Å². The zero-order valence-corrected chi connectivity index (χ0v) is 17.4. The number of benzene rings is 1. The molecule has 1 aliphatic rings. The Bertz CT molecular complexity index is 987. The lowest BCUT2D eigenvalue weighted by Crippen LogP contribution is -2.35. The Kier molecular flexibility index (Phi) is 5.42. The average molecular weight is 419 g/mol. The molecule has 0 bridgehead atoms.